The predicted molar refractivity (Wildman–Crippen MR) is 134 cm³/mol. The molecule has 1 saturated heterocycles. The number of sulfonamides is 1. The molecular formula is C27H33N3O4S. The maximum atomic E-state index is 13.4. The molecule has 1 saturated carbocycles. The highest BCUT2D eigenvalue weighted by Gasteiger charge is 2.40. The molecule has 3 aliphatic rings. The SMILES string of the molecule is C[C@H](NC(=O)C1CCN(S(=O)(=O)c2ccc3c(c2)C[C@@H](C)N3C(=O)C2CC2)CC1)c1ccccc1. The standard InChI is InChI=1S/C27H33N3O4S/c1-18-16-23-17-24(10-11-25(23)30(18)27(32)22-8-9-22)35(33,34)29-14-12-21(13-15-29)26(31)28-19(2)20-6-4-3-5-7-20/h3-7,10-11,17-19,21-22H,8-9,12-16H2,1-2H3,(H,28,31)/t18-,19+/m1/s1. The van der Waals surface area contributed by atoms with E-state index in [2.05, 4.69) is 5.32 Å². The van der Waals surface area contributed by atoms with Crippen LogP contribution in [0.3, 0.4) is 0 Å². The van der Waals surface area contributed by atoms with E-state index in [1.165, 1.54) is 4.31 Å². The summed E-state index contributed by atoms with van der Waals surface area (Å²) in [5.74, 6) is 0.0654. The molecule has 0 aromatic heterocycles. The van der Waals surface area contributed by atoms with Gasteiger partial charge in [-0.1, -0.05) is 30.3 Å². The van der Waals surface area contributed by atoms with Gasteiger partial charge in [0.2, 0.25) is 21.8 Å². The van der Waals surface area contributed by atoms with Crippen LogP contribution >= 0.6 is 0 Å². The van der Waals surface area contributed by atoms with E-state index in [4.69, 9.17) is 0 Å². The van der Waals surface area contributed by atoms with Crippen molar-refractivity contribution in [1.29, 1.82) is 0 Å². The maximum absolute atomic E-state index is 13.4. The van der Waals surface area contributed by atoms with Gasteiger partial charge in [-0.15, -0.1) is 0 Å². The number of hydrogen-bond donors (Lipinski definition) is 1. The molecule has 2 atom stereocenters. The molecule has 7 nitrogen and oxygen atoms in total. The topological polar surface area (TPSA) is 86.8 Å². The number of nitrogens with one attached hydrogen (secondary N) is 1. The van der Waals surface area contributed by atoms with Crippen LogP contribution in [0.25, 0.3) is 0 Å². The number of carbonyl (C=O) groups excluding carboxylic acids is 2. The zero-order valence-corrected chi connectivity index (χ0v) is 21.1. The van der Waals surface area contributed by atoms with Crippen molar-refractivity contribution in [2.45, 2.75) is 62.9 Å². The summed E-state index contributed by atoms with van der Waals surface area (Å²) >= 11 is 0. The number of nitrogens with zero attached hydrogens (tertiary/aromatic N) is 2. The molecule has 2 aromatic rings. The molecule has 0 radical (unpaired) electrons. The average Bonchev–Trinajstić information content (AvgIpc) is 3.66. The first-order valence-corrected chi connectivity index (χ1v) is 14.0. The Morgan fingerprint density at radius 1 is 0.971 bits per heavy atom. The Hall–Kier alpha value is -2.71. The van der Waals surface area contributed by atoms with E-state index in [1.807, 2.05) is 49.1 Å². The van der Waals surface area contributed by atoms with Crippen LogP contribution < -0.4 is 10.2 Å². The van der Waals surface area contributed by atoms with Crippen molar-refractivity contribution >= 4 is 27.5 Å². The summed E-state index contributed by atoms with van der Waals surface area (Å²) in [6, 6.07) is 14.9. The monoisotopic (exact) mass is 495 g/mol. The van der Waals surface area contributed by atoms with Crippen LogP contribution in [-0.4, -0.2) is 43.7 Å². The molecule has 35 heavy (non-hydrogen) atoms. The van der Waals surface area contributed by atoms with Crippen molar-refractivity contribution in [2.24, 2.45) is 11.8 Å². The van der Waals surface area contributed by atoms with E-state index in [9.17, 15) is 18.0 Å². The lowest BCUT2D eigenvalue weighted by Crippen LogP contribution is -2.43. The Balaban J connectivity index is 1.23. The lowest BCUT2D eigenvalue weighted by Gasteiger charge is -2.31. The molecule has 8 heteroatoms. The molecule has 2 aromatic carbocycles. The Labute approximate surface area is 207 Å². The molecule has 2 heterocycles. The fourth-order valence-electron chi connectivity index (χ4n) is 5.29. The van der Waals surface area contributed by atoms with Gasteiger partial charge in [-0.3, -0.25) is 9.59 Å². The van der Waals surface area contributed by atoms with Gasteiger partial charge in [0.1, 0.15) is 0 Å². The minimum Gasteiger partial charge on any atom is -0.349 e. The first kappa shape index (κ1) is 24.0. The van der Waals surface area contributed by atoms with Crippen LogP contribution in [0.2, 0.25) is 0 Å². The normalized spacial score (nSPS) is 22.0. The van der Waals surface area contributed by atoms with Gasteiger partial charge in [-0.2, -0.15) is 4.31 Å². The van der Waals surface area contributed by atoms with E-state index >= 15 is 0 Å². The van der Waals surface area contributed by atoms with Gasteiger partial charge in [-0.25, -0.2) is 8.42 Å². The quantitative estimate of drug-likeness (QED) is 0.663. The number of rotatable bonds is 6. The lowest BCUT2D eigenvalue weighted by molar-refractivity contribution is -0.126. The summed E-state index contributed by atoms with van der Waals surface area (Å²) in [5, 5.41) is 3.07. The van der Waals surface area contributed by atoms with Crippen LogP contribution in [0.15, 0.2) is 53.4 Å². The van der Waals surface area contributed by atoms with Gasteiger partial charge in [0.15, 0.2) is 0 Å². The van der Waals surface area contributed by atoms with Crippen molar-refractivity contribution in [3.05, 3.63) is 59.7 Å². The number of amides is 2. The molecular weight excluding hydrogens is 462 g/mol. The van der Waals surface area contributed by atoms with Crippen LogP contribution in [-0.2, 0) is 26.0 Å². The van der Waals surface area contributed by atoms with Crippen molar-refractivity contribution in [1.82, 2.24) is 9.62 Å². The molecule has 0 spiro atoms. The van der Waals surface area contributed by atoms with E-state index in [1.54, 1.807) is 18.2 Å². The van der Waals surface area contributed by atoms with Gasteiger partial charge in [0.25, 0.3) is 0 Å². The Morgan fingerprint density at radius 3 is 2.31 bits per heavy atom. The summed E-state index contributed by atoms with van der Waals surface area (Å²) < 4.78 is 28.3. The van der Waals surface area contributed by atoms with Crippen molar-refractivity contribution < 1.29 is 18.0 Å². The highest BCUT2D eigenvalue weighted by molar-refractivity contribution is 7.89. The van der Waals surface area contributed by atoms with Crippen molar-refractivity contribution in [3.8, 4) is 0 Å². The number of carbonyl (C=O) groups is 2. The third-order valence-electron chi connectivity index (χ3n) is 7.55. The average molecular weight is 496 g/mol. The third kappa shape index (κ3) is 4.74. The van der Waals surface area contributed by atoms with E-state index < -0.39 is 10.0 Å². The summed E-state index contributed by atoms with van der Waals surface area (Å²) in [5.41, 5.74) is 2.80. The second-order valence-electron chi connectivity index (χ2n) is 10.1. The van der Waals surface area contributed by atoms with Crippen molar-refractivity contribution in [3.63, 3.8) is 0 Å². The van der Waals surface area contributed by atoms with Gasteiger partial charge >= 0.3 is 0 Å². The zero-order valence-electron chi connectivity index (χ0n) is 20.3. The van der Waals surface area contributed by atoms with Gasteiger partial charge in [0, 0.05) is 36.7 Å². The molecule has 2 amide bonds. The largest absolute Gasteiger partial charge is 0.349 e. The van der Waals surface area contributed by atoms with Gasteiger partial charge in [-0.05, 0) is 75.3 Å². The summed E-state index contributed by atoms with van der Waals surface area (Å²) in [6.07, 6.45) is 3.56. The fourth-order valence-corrected chi connectivity index (χ4v) is 6.82. The van der Waals surface area contributed by atoms with Crippen LogP contribution in [0.4, 0.5) is 5.69 Å². The molecule has 1 aliphatic carbocycles. The molecule has 0 unspecified atom stereocenters. The summed E-state index contributed by atoms with van der Waals surface area (Å²) in [6.45, 7) is 4.61. The van der Waals surface area contributed by atoms with E-state index in [0.717, 1.165) is 29.7 Å². The molecule has 2 fully saturated rings. The first-order valence-electron chi connectivity index (χ1n) is 12.6. The number of anilines is 1. The first-order chi connectivity index (χ1) is 16.8. The number of fused-ring (bicyclic) bond motifs is 1. The molecule has 186 valence electrons. The highest BCUT2D eigenvalue weighted by Crippen LogP contribution is 2.40. The molecule has 2 aliphatic heterocycles. The second-order valence-corrected chi connectivity index (χ2v) is 12.1. The summed E-state index contributed by atoms with van der Waals surface area (Å²) in [4.78, 5) is 27.6. The van der Waals surface area contributed by atoms with Crippen LogP contribution in [0.1, 0.15) is 56.7 Å². The minimum absolute atomic E-state index is 0.0228. The van der Waals surface area contributed by atoms with Gasteiger partial charge in [0.05, 0.1) is 10.9 Å². The molecule has 0 bridgehead atoms. The lowest BCUT2D eigenvalue weighted by atomic mass is 9.96. The van der Waals surface area contributed by atoms with E-state index in [0.29, 0.717) is 32.4 Å². The fraction of sp³-hybridized carbons (Fsp3) is 0.481. The Bertz CT molecular complexity index is 1220. The maximum Gasteiger partial charge on any atom is 0.243 e. The smallest absolute Gasteiger partial charge is 0.243 e. The van der Waals surface area contributed by atoms with Gasteiger partial charge < -0.3 is 10.2 Å². The number of piperidine rings is 1. The van der Waals surface area contributed by atoms with Crippen LogP contribution in [0.5, 0.6) is 0 Å². The number of hydrogen-bond acceptors (Lipinski definition) is 4. The predicted octanol–water partition coefficient (Wildman–Crippen LogP) is 3.65. The zero-order chi connectivity index (χ0) is 24.7. The molecule has 1 N–H and O–H groups in total. The third-order valence-corrected chi connectivity index (χ3v) is 9.45. The van der Waals surface area contributed by atoms with E-state index in [-0.39, 0.29) is 40.6 Å². The number of benzene rings is 2. The Kier molecular flexibility index (Phi) is 6.44. The summed E-state index contributed by atoms with van der Waals surface area (Å²) in [7, 11) is -3.66. The highest BCUT2D eigenvalue weighted by atomic mass is 32.2. The van der Waals surface area contributed by atoms with Crippen molar-refractivity contribution in [2.75, 3.05) is 18.0 Å². The minimum atomic E-state index is -3.66. The van der Waals surface area contributed by atoms with Crippen LogP contribution in [0, 0.1) is 11.8 Å². The Morgan fingerprint density at radius 2 is 1.66 bits per heavy atom. The second kappa shape index (κ2) is 9.39. The molecule has 5 rings (SSSR count).